The van der Waals surface area contributed by atoms with Crippen LogP contribution in [0.2, 0.25) is 5.02 Å². The Balaban J connectivity index is 2.32. The molecule has 2 aromatic rings. The van der Waals surface area contributed by atoms with Crippen molar-refractivity contribution in [2.24, 2.45) is 5.41 Å². The van der Waals surface area contributed by atoms with E-state index in [1.54, 1.807) is 13.8 Å². The molecule has 0 saturated heterocycles. The molecule has 7 nitrogen and oxygen atoms in total. The van der Waals surface area contributed by atoms with Crippen molar-refractivity contribution in [3.63, 3.8) is 0 Å². The van der Waals surface area contributed by atoms with Gasteiger partial charge in [-0.15, -0.1) is 0 Å². The number of amides is 1. The van der Waals surface area contributed by atoms with Crippen molar-refractivity contribution in [3.8, 4) is 11.8 Å². The van der Waals surface area contributed by atoms with Gasteiger partial charge in [-0.3, -0.25) is 8.98 Å². The number of carbonyl (C=O) groups excluding carboxylic acids is 1. The van der Waals surface area contributed by atoms with Gasteiger partial charge in [0.25, 0.3) is 16.0 Å². The topological polar surface area (TPSA) is 105 Å². The zero-order chi connectivity index (χ0) is 23.2. The number of carbonyl (C=O) groups is 1. The maximum atomic E-state index is 13.2. The molecule has 1 N–H and O–H groups in total. The summed E-state index contributed by atoms with van der Waals surface area (Å²) in [6, 6.07) is 15.5. The maximum absolute atomic E-state index is 13.2. The van der Waals surface area contributed by atoms with Crippen LogP contribution in [0.25, 0.3) is 0 Å². The van der Waals surface area contributed by atoms with Crippen LogP contribution < -0.4 is 10.1 Å². The van der Waals surface area contributed by atoms with Crippen LogP contribution >= 0.6 is 11.6 Å². The molecule has 2 unspecified atom stereocenters. The third-order valence-electron chi connectivity index (χ3n) is 4.56. The maximum Gasteiger partial charge on any atom is 0.264 e. The van der Waals surface area contributed by atoms with Gasteiger partial charge in [0.15, 0.2) is 6.10 Å². The van der Waals surface area contributed by atoms with Crippen molar-refractivity contribution in [3.05, 3.63) is 64.7 Å². The fourth-order valence-electron chi connectivity index (χ4n) is 2.81. The van der Waals surface area contributed by atoms with E-state index in [1.807, 2.05) is 43.3 Å². The summed E-state index contributed by atoms with van der Waals surface area (Å²) in [6.45, 7) is 4.87. The number of ether oxygens (including phenoxy) is 1. The Morgan fingerprint density at radius 2 is 1.87 bits per heavy atom. The molecule has 0 aromatic heterocycles. The largest absolute Gasteiger partial charge is 0.478 e. The van der Waals surface area contributed by atoms with Crippen LogP contribution in [0.4, 0.5) is 0 Å². The zero-order valence-corrected chi connectivity index (χ0v) is 19.3. The van der Waals surface area contributed by atoms with Crippen LogP contribution in [0.3, 0.4) is 0 Å². The first kappa shape index (κ1) is 24.7. The summed E-state index contributed by atoms with van der Waals surface area (Å²) < 4.78 is 33.9. The third-order valence-corrected chi connectivity index (χ3v) is 5.40. The number of benzene rings is 2. The van der Waals surface area contributed by atoms with E-state index in [0.717, 1.165) is 11.8 Å². The third kappa shape index (κ3) is 7.24. The highest BCUT2D eigenvalue weighted by molar-refractivity contribution is 7.85. The smallest absolute Gasteiger partial charge is 0.264 e. The Labute approximate surface area is 188 Å². The first-order valence-corrected chi connectivity index (χ1v) is 11.7. The van der Waals surface area contributed by atoms with Gasteiger partial charge in [-0.25, -0.2) is 0 Å². The lowest BCUT2D eigenvalue weighted by Gasteiger charge is -2.33. The van der Waals surface area contributed by atoms with Crippen molar-refractivity contribution >= 4 is 27.6 Å². The number of nitriles is 1. The first-order valence-electron chi connectivity index (χ1n) is 9.49. The summed E-state index contributed by atoms with van der Waals surface area (Å²) in [7, 11) is -3.72. The lowest BCUT2D eigenvalue weighted by Crippen LogP contribution is -2.50. The molecule has 0 aliphatic rings. The standard InChI is InChI=1S/C22H25ClN2O5S/c1-15(17-8-6-5-7-9-17)25-21(26)20(22(2,3)14-29-31(4,27)28)30-19-11-10-16(13-24)12-18(19)23/h5-12,15,20H,14H2,1-4H3,(H,25,26). The molecule has 0 radical (unpaired) electrons. The summed E-state index contributed by atoms with van der Waals surface area (Å²) in [5, 5.41) is 12.1. The van der Waals surface area contributed by atoms with E-state index in [-0.39, 0.29) is 23.4 Å². The van der Waals surface area contributed by atoms with Crippen LogP contribution in [0.5, 0.6) is 5.75 Å². The minimum Gasteiger partial charge on any atom is -0.478 e. The Morgan fingerprint density at radius 3 is 2.42 bits per heavy atom. The molecule has 0 aliphatic carbocycles. The van der Waals surface area contributed by atoms with Crippen molar-refractivity contribution in [2.45, 2.75) is 32.9 Å². The van der Waals surface area contributed by atoms with Crippen LogP contribution in [0.15, 0.2) is 48.5 Å². The lowest BCUT2D eigenvalue weighted by molar-refractivity contribution is -0.135. The summed E-state index contributed by atoms with van der Waals surface area (Å²) in [5.41, 5.74) is 0.202. The molecular weight excluding hydrogens is 440 g/mol. The minimum absolute atomic E-state index is 0.160. The number of rotatable bonds is 9. The Kier molecular flexibility index (Phi) is 8.07. The highest BCUT2D eigenvalue weighted by atomic mass is 35.5. The Hall–Kier alpha value is -2.60. The van der Waals surface area contributed by atoms with Crippen molar-refractivity contribution in [2.75, 3.05) is 12.9 Å². The van der Waals surface area contributed by atoms with E-state index < -0.39 is 27.5 Å². The Bertz CT molecular complexity index is 1070. The molecule has 2 atom stereocenters. The number of hydrogen-bond donors (Lipinski definition) is 1. The van der Waals surface area contributed by atoms with E-state index in [0.29, 0.717) is 5.56 Å². The lowest BCUT2D eigenvalue weighted by atomic mass is 9.86. The summed E-state index contributed by atoms with van der Waals surface area (Å²) in [6.07, 6.45) is -0.195. The average Bonchev–Trinajstić information content (AvgIpc) is 2.71. The van der Waals surface area contributed by atoms with E-state index in [1.165, 1.54) is 18.2 Å². The van der Waals surface area contributed by atoms with Gasteiger partial charge in [0.2, 0.25) is 0 Å². The summed E-state index contributed by atoms with van der Waals surface area (Å²) >= 11 is 6.22. The SMILES string of the molecule is CC(NC(=O)C(Oc1ccc(C#N)cc1Cl)C(C)(C)COS(C)(=O)=O)c1ccccc1. The van der Waals surface area contributed by atoms with Gasteiger partial charge in [-0.1, -0.05) is 55.8 Å². The van der Waals surface area contributed by atoms with Crippen LogP contribution in [0, 0.1) is 16.7 Å². The number of nitrogens with one attached hydrogen (secondary N) is 1. The fourth-order valence-corrected chi connectivity index (χ4v) is 3.55. The fraction of sp³-hybridized carbons (Fsp3) is 0.364. The molecule has 0 spiro atoms. The monoisotopic (exact) mass is 464 g/mol. The van der Waals surface area contributed by atoms with Gasteiger partial charge in [0, 0.05) is 5.41 Å². The van der Waals surface area contributed by atoms with Crippen LogP contribution in [-0.4, -0.2) is 33.3 Å². The van der Waals surface area contributed by atoms with E-state index in [9.17, 15) is 13.2 Å². The molecule has 2 aromatic carbocycles. The molecule has 9 heteroatoms. The second kappa shape index (κ2) is 10.1. The molecule has 166 valence electrons. The summed E-state index contributed by atoms with van der Waals surface area (Å²) in [5.74, 6) is -0.264. The Morgan fingerprint density at radius 1 is 1.23 bits per heavy atom. The van der Waals surface area contributed by atoms with Crippen LogP contribution in [-0.2, 0) is 19.1 Å². The number of hydrogen-bond acceptors (Lipinski definition) is 6. The molecule has 0 bridgehead atoms. The molecule has 0 heterocycles. The van der Waals surface area contributed by atoms with E-state index >= 15 is 0 Å². The van der Waals surface area contributed by atoms with Crippen LogP contribution in [0.1, 0.15) is 37.9 Å². The predicted octanol–water partition coefficient (Wildman–Crippen LogP) is 3.84. The summed E-state index contributed by atoms with van der Waals surface area (Å²) in [4.78, 5) is 13.2. The highest BCUT2D eigenvalue weighted by Gasteiger charge is 2.39. The van der Waals surface area contributed by atoms with Crippen molar-refractivity contribution in [1.82, 2.24) is 5.32 Å². The molecule has 31 heavy (non-hydrogen) atoms. The molecule has 0 saturated carbocycles. The van der Waals surface area contributed by atoms with E-state index in [4.69, 9.17) is 25.8 Å². The van der Waals surface area contributed by atoms with Gasteiger partial charge < -0.3 is 10.1 Å². The molecule has 0 aliphatic heterocycles. The van der Waals surface area contributed by atoms with Gasteiger partial charge >= 0.3 is 0 Å². The van der Waals surface area contributed by atoms with Crippen molar-refractivity contribution in [1.29, 1.82) is 5.26 Å². The second-order valence-electron chi connectivity index (χ2n) is 7.85. The van der Waals surface area contributed by atoms with E-state index in [2.05, 4.69) is 5.32 Å². The van der Waals surface area contributed by atoms with Gasteiger partial charge in [0.05, 0.1) is 35.6 Å². The quantitative estimate of drug-likeness (QED) is 0.565. The molecule has 1 amide bonds. The van der Waals surface area contributed by atoms with Gasteiger partial charge in [-0.05, 0) is 30.7 Å². The minimum atomic E-state index is -3.72. The molecule has 2 rings (SSSR count). The normalized spacial score (nSPS) is 13.7. The highest BCUT2D eigenvalue weighted by Crippen LogP contribution is 2.32. The number of nitrogens with zero attached hydrogens (tertiary/aromatic N) is 1. The van der Waals surface area contributed by atoms with Gasteiger partial charge in [0.1, 0.15) is 5.75 Å². The van der Waals surface area contributed by atoms with Crippen molar-refractivity contribution < 1.29 is 22.1 Å². The zero-order valence-electron chi connectivity index (χ0n) is 17.8. The number of halogens is 1. The molecular formula is C22H25ClN2O5S. The first-order chi connectivity index (χ1) is 14.4. The second-order valence-corrected chi connectivity index (χ2v) is 9.90. The average molecular weight is 465 g/mol. The van der Waals surface area contributed by atoms with Gasteiger partial charge in [-0.2, -0.15) is 13.7 Å². The molecule has 0 fully saturated rings. The predicted molar refractivity (Wildman–Crippen MR) is 118 cm³/mol.